The van der Waals surface area contributed by atoms with Gasteiger partial charge in [-0.3, -0.25) is 4.79 Å². The molecule has 0 fully saturated rings. The number of carbonyl (C=O) groups is 1. The molecule has 0 radical (unpaired) electrons. The summed E-state index contributed by atoms with van der Waals surface area (Å²) >= 11 is 1.47. The van der Waals surface area contributed by atoms with Crippen LogP contribution in [0.5, 0.6) is 5.75 Å². The first-order valence-corrected chi connectivity index (χ1v) is 9.08. The Morgan fingerprint density at radius 2 is 2.04 bits per heavy atom. The van der Waals surface area contributed by atoms with Gasteiger partial charge in [-0.25, -0.2) is 0 Å². The van der Waals surface area contributed by atoms with E-state index in [0.29, 0.717) is 24.1 Å². The van der Waals surface area contributed by atoms with E-state index >= 15 is 0 Å². The highest BCUT2D eigenvalue weighted by Gasteiger charge is 2.13. The van der Waals surface area contributed by atoms with E-state index in [1.165, 1.54) is 17.6 Å². The largest absolute Gasteiger partial charge is 0.504 e. The fourth-order valence-electron chi connectivity index (χ4n) is 2.76. The summed E-state index contributed by atoms with van der Waals surface area (Å²) in [4.78, 5) is 12.2. The Bertz CT molecular complexity index is 1070. The van der Waals surface area contributed by atoms with Gasteiger partial charge in [-0.15, -0.1) is 0 Å². The summed E-state index contributed by atoms with van der Waals surface area (Å²) in [7, 11) is 0. The molecule has 4 rings (SSSR count). The number of phenols is 1. The number of nitrogens with zero attached hydrogens (tertiary/aromatic N) is 1. The number of benzene rings is 2. The molecule has 0 unspecified atom stereocenters. The van der Waals surface area contributed by atoms with Crippen molar-refractivity contribution in [2.24, 2.45) is 0 Å². The fraction of sp³-hybridized carbons (Fsp3) is 0.158. The average molecular weight is 367 g/mol. The van der Waals surface area contributed by atoms with Crippen molar-refractivity contribution in [1.82, 2.24) is 9.69 Å². The fourth-order valence-corrected chi connectivity index (χ4v) is 3.51. The smallest absolute Gasteiger partial charge is 0.287 e. The summed E-state index contributed by atoms with van der Waals surface area (Å²) in [5, 5.41) is 17.7. The minimum atomic E-state index is -0.292. The van der Waals surface area contributed by atoms with Gasteiger partial charge in [0.25, 0.3) is 5.91 Å². The first-order chi connectivity index (χ1) is 12.7. The van der Waals surface area contributed by atoms with Crippen molar-refractivity contribution in [3.63, 3.8) is 0 Å². The van der Waals surface area contributed by atoms with Crippen LogP contribution in [0.15, 0.2) is 52.9 Å². The summed E-state index contributed by atoms with van der Waals surface area (Å²) in [6.07, 6.45) is 0.753. The van der Waals surface area contributed by atoms with E-state index in [0.717, 1.165) is 22.3 Å². The number of rotatable bonds is 6. The number of carbonyl (C=O) groups excluding carboxylic acids is 1. The molecule has 2 aromatic carbocycles. The van der Waals surface area contributed by atoms with Gasteiger partial charge in [0.2, 0.25) is 0 Å². The van der Waals surface area contributed by atoms with Crippen LogP contribution < -0.4 is 10.6 Å². The van der Waals surface area contributed by atoms with Crippen LogP contribution in [0, 0.1) is 0 Å². The molecule has 2 aromatic heterocycles. The molecule has 4 aromatic rings. The molecule has 0 saturated carbocycles. The van der Waals surface area contributed by atoms with E-state index in [-0.39, 0.29) is 17.4 Å². The number of aromatic hydroxyl groups is 1. The number of hydrogen-bond donors (Lipinski definition) is 3. The third-order valence-corrected chi connectivity index (χ3v) is 4.88. The van der Waals surface area contributed by atoms with Crippen LogP contribution in [-0.4, -0.2) is 28.5 Å². The van der Waals surface area contributed by atoms with Crippen molar-refractivity contribution in [3.8, 4) is 5.75 Å². The molecule has 6 nitrogen and oxygen atoms in total. The summed E-state index contributed by atoms with van der Waals surface area (Å²) in [5.41, 5.74) is 0.328. The van der Waals surface area contributed by atoms with Crippen molar-refractivity contribution in [2.45, 2.75) is 6.42 Å². The SMILES string of the molecule is O=C(NCCCNc1nsc2ccccc12)c1cc2cccc(O)c2o1. The topological polar surface area (TPSA) is 87.4 Å². The molecule has 0 atom stereocenters. The van der Waals surface area contributed by atoms with Gasteiger partial charge in [-0.2, -0.15) is 4.37 Å². The highest BCUT2D eigenvalue weighted by atomic mass is 32.1. The number of fused-ring (bicyclic) bond motifs is 2. The third kappa shape index (κ3) is 3.21. The molecule has 0 aliphatic heterocycles. The summed E-state index contributed by atoms with van der Waals surface area (Å²) in [6, 6.07) is 14.7. The van der Waals surface area contributed by atoms with Crippen LogP contribution in [-0.2, 0) is 0 Å². The highest BCUT2D eigenvalue weighted by molar-refractivity contribution is 7.13. The lowest BCUT2D eigenvalue weighted by molar-refractivity contribution is 0.0928. The minimum Gasteiger partial charge on any atom is -0.504 e. The van der Waals surface area contributed by atoms with E-state index < -0.39 is 0 Å². The Morgan fingerprint density at radius 3 is 2.92 bits per heavy atom. The lowest BCUT2D eigenvalue weighted by atomic mass is 10.2. The first kappa shape index (κ1) is 16.4. The van der Waals surface area contributed by atoms with E-state index in [9.17, 15) is 9.90 Å². The molecule has 0 aliphatic rings. The molecule has 132 valence electrons. The number of aromatic nitrogens is 1. The Morgan fingerprint density at radius 1 is 1.15 bits per heavy atom. The van der Waals surface area contributed by atoms with Gasteiger partial charge in [-0.05, 0) is 42.2 Å². The van der Waals surface area contributed by atoms with Gasteiger partial charge in [-0.1, -0.05) is 24.3 Å². The van der Waals surface area contributed by atoms with Crippen molar-refractivity contribution < 1.29 is 14.3 Å². The van der Waals surface area contributed by atoms with Crippen molar-refractivity contribution in [1.29, 1.82) is 0 Å². The average Bonchev–Trinajstić information content (AvgIpc) is 3.27. The van der Waals surface area contributed by atoms with Crippen LogP contribution in [0.4, 0.5) is 5.82 Å². The Kier molecular flexibility index (Phi) is 4.45. The maximum atomic E-state index is 12.2. The molecule has 0 saturated heterocycles. The molecule has 26 heavy (non-hydrogen) atoms. The van der Waals surface area contributed by atoms with Crippen LogP contribution >= 0.6 is 11.5 Å². The van der Waals surface area contributed by atoms with Crippen LogP contribution in [0.1, 0.15) is 17.0 Å². The molecule has 0 spiro atoms. The monoisotopic (exact) mass is 367 g/mol. The molecular formula is C19H17N3O3S. The number of hydrogen-bond acceptors (Lipinski definition) is 6. The minimum absolute atomic E-state index is 0.0289. The Balaban J connectivity index is 1.29. The summed E-state index contributed by atoms with van der Waals surface area (Å²) in [5.74, 6) is 0.811. The second kappa shape index (κ2) is 7.05. The van der Waals surface area contributed by atoms with Crippen molar-refractivity contribution in [2.75, 3.05) is 18.4 Å². The van der Waals surface area contributed by atoms with E-state index in [1.807, 2.05) is 24.3 Å². The predicted octanol–water partition coefficient (Wildman–Crippen LogP) is 3.98. The van der Waals surface area contributed by atoms with E-state index in [1.54, 1.807) is 18.2 Å². The number of anilines is 1. The maximum Gasteiger partial charge on any atom is 0.287 e. The van der Waals surface area contributed by atoms with Crippen molar-refractivity contribution >= 4 is 44.3 Å². The maximum absolute atomic E-state index is 12.2. The molecule has 0 bridgehead atoms. The molecule has 3 N–H and O–H groups in total. The number of para-hydroxylation sites is 1. The lowest BCUT2D eigenvalue weighted by Gasteiger charge is -2.05. The number of amides is 1. The van der Waals surface area contributed by atoms with Gasteiger partial charge < -0.3 is 20.2 Å². The van der Waals surface area contributed by atoms with Crippen LogP contribution in [0.25, 0.3) is 21.1 Å². The zero-order chi connectivity index (χ0) is 17.9. The standard InChI is InChI=1S/C19H17N3O3S/c23-14-7-3-5-12-11-15(25-17(12)14)19(24)21-10-4-9-20-18-13-6-1-2-8-16(13)26-22-18/h1-3,5-8,11,23H,4,9-10H2,(H,20,22)(H,21,24). The number of phenolic OH excluding ortho intramolecular Hbond substituents is 1. The van der Waals surface area contributed by atoms with Gasteiger partial charge in [0, 0.05) is 23.9 Å². The summed E-state index contributed by atoms with van der Waals surface area (Å²) in [6.45, 7) is 1.21. The molecular weight excluding hydrogens is 350 g/mol. The summed E-state index contributed by atoms with van der Waals surface area (Å²) < 4.78 is 11.0. The van der Waals surface area contributed by atoms with Crippen LogP contribution in [0.2, 0.25) is 0 Å². The van der Waals surface area contributed by atoms with E-state index in [2.05, 4.69) is 15.0 Å². The predicted molar refractivity (Wildman–Crippen MR) is 103 cm³/mol. The zero-order valence-electron chi connectivity index (χ0n) is 13.9. The van der Waals surface area contributed by atoms with Crippen molar-refractivity contribution in [3.05, 3.63) is 54.3 Å². The highest BCUT2D eigenvalue weighted by Crippen LogP contribution is 2.27. The third-order valence-electron chi connectivity index (χ3n) is 4.06. The second-order valence-corrected chi connectivity index (χ2v) is 6.67. The van der Waals surface area contributed by atoms with Gasteiger partial charge in [0.1, 0.15) is 5.82 Å². The molecule has 0 aliphatic carbocycles. The zero-order valence-corrected chi connectivity index (χ0v) is 14.7. The molecule has 1 amide bonds. The Hall–Kier alpha value is -3.06. The number of nitrogens with one attached hydrogen (secondary N) is 2. The lowest BCUT2D eigenvalue weighted by Crippen LogP contribution is -2.25. The van der Waals surface area contributed by atoms with Gasteiger partial charge in [0.05, 0.1) is 4.70 Å². The van der Waals surface area contributed by atoms with Crippen LogP contribution in [0.3, 0.4) is 0 Å². The Labute approximate surface area is 153 Å². The first-order valence-electron chi connectivity index (χ1n) is 8.30. The van der Waals surface area contributed by atoms with Gasteiger partial charge >= 0.3 is 0 Å². The normalized spacial score (nSPS) is 11.1. The molecule has 2 heterocycles. The van der Waals surface area contributed by atoms with E-state index in [4.69, 9.17) is 4.42 Å². The van der Waals surface area contributed by atoms with Gasteiger partial charge in [0.15, 0.2) is 17.1 Å². The second-order valence-electron chi connectivity index (χ2n) is 5.87. The molecule has 7 heteroatoms. The quantitative estimate of drug-likeness (QED) is 0.449. The number of furan rings is 1.